The van der Waals surface area contributed by atoms with Crippen LogP contribution in [0.25, 0.3) is 5.69 Å². The fraction of sp³-hybridized carbons (Fsp3) is 0.600. The lowest BCUT2D eigenvalue weighted by atomic mass is 9.75. The van der Waals surface area contributed by atoms with Gasteiger partial charge in [0.15, 0.2) is 0 Å². The lowest BCUT2D eigenvalue weighted by Crippen LogP contribution is -2.64. The van der Waals surface area contributed by atoms with Crippen molar-refractivity contribution in [1.29, 1.82) is 0 Å². The van der Waals surface area contributed by atoms with Crippen LogP contribution in [-0.2, 0) is 9.53 Å². The molecule has 33 heavy (non-hydrogen) atoms. The molecule has 0 bridgehead atoms. The number of esters is 1. The molecule has 1 saturated carbocycles. The van der Waals surface area contributed by atoms with Gasteiger partial charge < -0.3 is 15.0 Å². The Balaban J connectivity index is 1.44. The van der Waals surface area contributed by atoms with Crippen LogP contribution in [-0.4, -0.2) is 66.4 Å². The second-order valence-electron chi connectivity index (χ2n) is 10.2. The minimum atomic E-state index is -2.68. The summed E-state index contributed by atoms with van der Waals surface area (Å²) in [7, 11) is 1.39. The highest BCUT2D eigenvalue weighted by atomic mass is 19.3. The third-order valence-corrected chi connectivity index (χ3v) is 7.49. The maximum absolute atomic E-state index is 14.4. The molecule has 2 saturated heterocycles. The van der Waals surface area contributed by atoms with E-state index >= 15 is 0 Å². The van der Waals surface area contributed by atoms with Crippen LogP contribution >= 0.6 is 0 Å². The van der Waals surface area contributed by atoms with Crippen molar-refractivity contribution in [3.8, 4) is 5.69 Å². The van der Waals surface area contributed by atoms with Crippen LogP contribution in [0.4, 0.5) is 8.78 Å². The average Bonchev–Trinajstić information content (AvgIpc) is 3.47. The summed E-state index contributed by atoms with van der Waals surface area (Å²) in [4.78, 5) is 14.3. The summed E-state index contributed by atoms with van der Waals surface area (Å²) in [6.07, 6.45) is 2.55. The van der Waals surface area contributed by atoms with Crippen LogP contribution in [0, 0.1) is 19.3 Å². The second kappa shape index (κ2) is 8.17. The Kier molecular flexibility index (Phi) is 5.56. The summed E-state index contributed by atoms with van der Waals surface area (Å²) in [5.74, 6) is -2.56. The predicted molar refractivity (Wildman–Crippen MR) is 121 cm³/mol. The molecular weight excluding hydrogens is 426 g/mol. The van der Waals surface area contributed by atoms with Gasteiger partial charge in [0, 0.05) is 37.8 Å². The first-order valence-corrected chi connectivity index (χ1v) is 11.8. The number of alkyl halides is 2. The second-order valence-corrected chi connectivity index (χ2v) is 10.2. The number of rotatable bonds is 7. The van der Waals surface area contributed by atoms with E-state index in [1.807, 2.05) is 24.6 Å². The third-order valence-electron chi connectivity index (χ3n) is 7.49. The summed E-state index contributed by atoms with van der Waals surface area (Å²) in [5.41, 5.74) is 4.32. The van der Waals surface area contributed by atoms with Gasteiger partial charge in [0.05, 0.1) is 36.9 Å². The van der Waals surface area contributed by atoms with Gasteiger partial charge in [-0.3, -0.25) is 4.79 Å². The number of carbonyl (C=O) groups excluding carboxylic acids is 1. The highest BCUT2D eigenvalue weighted by Crippen LogP contribution is 2.48. The molecule has 1 aromatic heterocycles. The lowest BCUT2D eigenvalue weighted by Gasteiger charge is -2.51. The van der Waals surface area contributed by atoms with Crippen molar-refractivity contribution in [2.24, 2.45) is 5.41 Å². The van der Waals surface area contributed by atoms with Crippen LogP contribution in [0.15, 0.2) is 24.3 Å². The van der Waals surface area contributed by atoms with E-state index in [9.17, 15) is 13.6 Å². The smallest absolute Gasteiger partial charge is 0.306 e. The van der Waals surface area contributed by atoms with Gasteiger partial charge in [-0.25, -0.2) is 13.5 Å². The number of methoxy groups -OCH3 is 1. The zero-order chi connectivity index (χ0) is 23.4. The molecule has 3 aliphatic rings. The number of aryl methyl sites for hydroxylation is 2. The maximum Gasteiger partial charge on any atom is 0.306 e. The lowest BCUT2D eigenvalue weighted by molar-refractivity contribution is -0.158. The standard InChI is InChI=1S/C25H32F2N4O2/c1-16-6-17(2)31(29-16)22-8-19(18-4-5-18)7-20(9-22)21(10-23(32)33-3)11-30-14-24(15-30)12-28-13-25(24,26)27/h6-9,18,21,28H,4-5,10-15H2,1-3H3/t21-/m1/s1. The molecule has 1 spiro atoms. The largest absolute Gasteiger partial charge is 0.469 e. The third kappa shape index (κ3) is 4.19. The number of benzene rings is 1. The van der Waals surface area contributed by atoms with Crippen molar-refractivity contribution in [2.45, 2.75) is 50.9 Å². The average molecular weight is 459 g/mol. The number of likely N-dealkylation sites (tertiary alicyclic amines) is 1. The van der Waals surface area contributed by atoms with E-state index < -0.39 is 11.3 Å². The van der Waals surface area contributed by atoms with Gasteiger partial charge in [-0.15, -0.1) is 0 Å². The van der Waals surface area contributed by atoms with Gasteiger partial charge in [0.1, 0.15) is 0 Å². The van der Waals surface area contributed by atoms with E-state index in [0.717, 1.165) is 22.6 Å². The Morgan fingerprint density at radius 2 is 1.97 bits per heavy atom. The van der Waals surface area contributed by atoms with Gasteiger partial charge in [-0.05, 0) is 61.9 Å². The summed E-state index contributed by atoms with van der Waals surface area (Å²) in [5, 5.41) is 7.51. The van der Waals surface area contributed by atoms with E-state index in [4.69, 9.17) is 4.74 Å². The molecule has 1 N–H and O–H groups in total. The molecule has 5 rings (SSSR count). The monoisotopic (exact) mass is 458 g/mol. The fourth-order valence-electron chi connectivity index (χ4n) is 5.50. The zero-order valence-corrected chi connectivity index (χ0v) is 19.5. The molecule has 178 valence electrons. The summed E-state index contributed by atoms with van der Waals surface area (Å²) >= 11 is 0. The number of carbonyl (C=O) groups is 1. The SMILES string of the molecule is COC(=O)C[C@H](CN1CC2(CNCC2(F)F)C1)c1cc(C2CC2)cc(-n2nc(C)cc2C)c1. The maximum atomic E-state index is 14.4. The van der Waals surface area contributed by atoms with Crippen molar-refractivity contribution in [2.75, 3.05) is 39.8 Å². The van der Waals surface area contributed by atoms with Crippen molar-refractivity contribution in [1.82, 2.24) is 20.0 Å². The highest BCUT2D eigenvalue weighted by Gasteiger charge is 2.63. The minimum absolute atomic E-state index is 0.132. The van der Waals surface area contributed by atoms with E-state index in [-0.39, 0.29) is 24.9 Å². The van der Waals surface area contributed by atoms with Crippen molar-refractivity contribution >= 4 is 5.97 Å². The van der Waals surface area contributed by atoms with Gasteiger partial charge in [-0.2, -0.15) is 5.10 Å². The topological polar surface area (TPSA) is 59.4 Å². The minimum Gasteiger partial charge on any atom is -0.469 e. The Morgan fingerprint density at radius 1 is 1.21 bits per heavy atom. The van der Waals surface area contributed by atoms with Crippen molar-refractivity contribution < 1.29 is 18.3 Å². The number of nitrogens with one attached hydrogen (secondary N) is 1. The molecule has 6 nitrogen and oxygen atoms in total. The number of aromatic nitrogens is 2. The molecule has 0 unspecified atom stereocenters. The first-order chi connectivity index (χ1) is 15.7. The number of halogens is 2. The molecule has 2 aromatic rings. The summed E-state index contributed by atoms with van der Waals surface area (Å²) < 4.78 is 35.7. The molecule has 1 atom stereocenters. The Bertz CT molecular complexity index is 1060. The van der Waals surface area contributed by atoms with Gasteiger partial charge in [0.2, 0.25) is 0 Å². The molecule has 0 radical (unpaired) electrons. The predicted octanol–water partition coefficient (Wildman–Crippen LogP) is 3.55. The van der Waals surface area contributed by atoms with E-state index in [0.29, 0.717) is 32.1 Å². The first kappa shape index (κ1) is 22.5. The number of hydrogen-bond donors (Lipinski definition) is 1. The van der Waals surface area contributed by atoms with Crippen molar-refractivity contribution in [3.05, 3.63) is 46.8 Å². The fourth-order valence-corrected chi connectivity index (χ4v) is 5.50. The van der Waals surface area contributed by atoms with Crippen LogP contribution in [0.5, 0.6) is 0 Å². The molecule has 0 amide bonds. The van der Waals surface area contributed by atoms with E-state index in [1.165, 1.54) is 25.5 Å². The van der Waals surface area contributed by atoms with Crippen LogP contribution in [0.1, 0.15) is 53.6 Å². The number of ether oxygens (including phenoxy) is 1. The van der Waals surface area contributed by atoms with E-state index in [1.54, 1.807) is 0 Å². The Labute approximate surface area is 193 Å². The molecule has 3 heterocycles. The Hall–Kier alpha value is -2.32. The van der Waals surface area contributed by atoms with Gasteiger partial charge in [-0.1, -0.05) is 6.07 Å². The quantitative estimate of drug-likeness (QED) is 0.643. The van der Waals surface area contributed by atoms with Crippen molar-refractivity contribution in [3.63, 3.8) is 0 Å². The van der Waals surface area contributed by atoms with Gasteiger partial charge >= 0.3 is 5.97 Å². The molecule has 1 aliphatic carbocycles. The number of hydrogen-bond acceptors (Lipinski definition) is 5. The zero-order valence-electron chi connectivity index (χ0n) is 19.5. The van der Waals surface area contributed by atoms with Crippen LogP contribution < -0.4 is 5.32 Å². The molecule has 3 fully saturated rings. The number of nitrogens with zero attached hydrogens (tertiary/aromatic N) is 3. The van der Waals surface area contributed by atoms with E-state index in [2.05, 4.69) is 33.5 Å². The molecule has 2 aliphatic heterocycles. The summed E-state index contributed by atoms with van der Waals surface area (Å²) in [6.45, 7) is 5.35. The summed E-state index contributed by atoms with van der Waals surface area (Å²) in [6, 6.07) is 8.53. The van der Waals surface area contributed by atoms with Crippen LogP contribution in [0.3, 0.4) is 0 Å². The molecule has 1 aromatic carbocycles. The molecular formula is C25H32F2N4O2. The first-order valence-electron chi connectivity index (χ1n) is 11.8. The Morgan fingerprint density at radius 3 is 2.55 bits per heavy atom. The van der Waals surface area contributed by atoms with Crippen LogP contribution in [0.2, 0.25) is 0 Å². The molecule has 8 heteroatoms. The highest BCUT2D eigenvalue weighted by molar-refractivity contribution is 5.70. The van der Waals surface area contributed by atoms with Gasteiger partial charge in [0.25, 0.3) is 5.92 Å². The normalized spacial score (nSPS) is 22.3.